The van der Waals surface area contributed by atoms with E-state index in [1.165, 1.54) is 0 Å². The van der Waals surface area contributed by atoms with E-state index in [-0.39, 0.29) is 5.91 Å². The molecule has 0 spiro atoms. The Kier molecular flexibility index (Phi) is 6.97. The van der Waals surface area contributed by atoms with Crippen LogP contribution in [0.5, 0.6) is 11.5 Å². The number of para-hydroxylation sites is 2. The molecule has 0 aromatic heterocycles. The maximum Gasteiger partial charge on any atom is 0.237 e. The van der Waals surface area contributed by atoms with Crippen LogP contribution in [0.1, 0.15) is 25.3 Å². The fourth-order valence-electron chi connectivity index (χ4n) is 4.16. The highest BCUT2D eigenvalue weighted by molar-refractivity contribution is 5.79. The van der Waals surface area contributed by atoms with E-state index in [0.29, 0.717) is 25.7 Å². The van der Waals surface area contributed by atoms with E-state index >= 15 is 0 Å². The summed E-state index contributed by atoms with van der Waals surface area (Å²) in [5.41, 5.74) is 2.30. The van der Waals surface area contributed by atoms with Gasteiger partial charge >= 0.3 is 0 Å². The van der Waals surface area contributed by atoms with Crippen LogP contribution in [0.4, 0.5) is 5.69 Å². The predicted octanol–water partition coefficient (Wildman–Crippen LogP) is 3.41. The van der Waals surface area contributed by atoms with Crippen molar-refractivity contribution in [3.63, 3.8) is 0 Å². The van der Waals surface area contributed by atoms with E-state index in [4.69, 9.17) is 9.47 Å². The minimum absolute atomic E-state index is 0.237. The van der Waals surface area contributed by atoms with Crippen LogP contribution in [0.3, 0.4) is 0 Å². The molecule has 1 heterocycles. The van der Waals surface area contributed by atoms with Gasteiger partial charge in [-0.3, -0.25) is 9.69 Å². The molecular formula is C25H33N3O3. The molecule has 0 N–H and O–H groups in total. The molecular weight excluding hydrogens is 390 g/mol. The topological polar surface area (TPSA) is 45.2 Å². The first kappa shape index (κ1) is 21.5. The van der Waals surface area contributed by atoms with Crippen molar-refractivity contribution in [2.24, 2.45) is 0 Å². The number of benzene rings is 2. The summed E-state index contributed by atoms with van der Waals surface area (Å²) in [6.45, 7) is 7.41. The van der Waals surface area contributed by atoms with Crippen LogP contribution in [0.2, 0.25) is 0 Å². The SMILES string of the molecule is CCOc1ccccc1N1CCN(CC(=O)N(Cc2ccc(OC)cc2)C2CC2)CC1. The zero-order chi connectivity index (χ0) is 21.6. The van der Waals surface area contributed by atoms with Crippen molar-refractivity contribution in [1.29, 1.82) is 0 Å². The van der Waals surface area contributed by atoms with Crippen molar-refractivity contribution in [2.75, 3.05) is 51.3 Å². The minimum Gasteiger partial charge on any atom is -0.497 e. The molecule has 2 aromatic carbocycles. The summed E-state index contributed by atoms with van der Waals surface area (Å²) >= 11 is 0. The number of rotatable bonds is 9. The summed E-state index contributed by atoms with van der Waals surface area (Å²) in [7, 11) is 1.67. The molecule has 6 heteroatoms. The lowest BCUT2D eigenvalue weighted by Gasteiger charge is -2.37. The van der Waals surface area contributed by atoms with Gasteiger partial charge < -0.3 is 19.3 Å². The summed E-state index contributed by atoms with van der Waals surface area (Å²) in [5.74, 6) is 2.02. The molecule has 2 aliphatic rings. The van der Waals surface area contributed by atoms with Crippen LogP contribution >= 0.6 is 0 Å². The van der Waals surface area contributed by atoms with E-state index in [1.807, 2.05) is 31.2 Å². The normalized spacial score (nSPS) is 16.8. The van der Waals surface area contributed by atoms with Gasteiger partial charge in [0.15, 0.2) is 0 Å². The van der Waals surface area contributed by atoms with E-state index in [0.717, 1.165) is 61.8 Å². The summed E-state index contributed by atoms with van der Waals surface area (Å²) < 4.78 is 11.0. The Morgan fingerprint density at radius 2 is 1.74 bits per heavy atom. The lowest BCUT2D eigenvalue weighted by atomic mass is 10.2. The number of anilines is 1. The molecule has 1 aliphatic carbocycles. The zero-order valence-corrected chi connectivity index (χ0v) is 18.6. The zero-order valence-electron chi connectivity index (χ0n) is 18.6. The van der Waals surface area contributed by atoms with Crippen molar-refractivity contribution < 1.29 is 14.3 Å². The number of ether oxygens (including phenoxy) is 2. The lowest BCUT2D eigenvalue weighted by Crippen LogP contribution is -2.50. The summed E-state index contributed by atoms with van der Waals surface area (Å²) in [6.07, 6.45) is 2.23. The van der Waals surface area contributed by atoms with Crippen LogP contribution in [0, 0.1) is 0 Å². The molecule has 2 aromatic rings. The van der Waals surface area contributed by atoms with Gasteiger partial charge in [0, 0.05) is 38.8 Å². The quantitative estimate of drug-likeness (QED) is 0.619. The first-order valence-electron chi connectivity index (χ1n) is 11.3. The second-order valence-corrected chi connectivity index (χ2v) is 8.26. The number of piperazine rings is 1. The van der Waals surface area contributed by atoms with Crippen molar-refractivity contribution in [1.82, 2.24) is 9.80 Å². The Hall–Kier alpha value is -2.73. The maximum atomic E-state index is 13.1. The van der Waals surface area contributed by atoms with Gasteiger partial charge in [0.25, 0.3) is 0 Å². The van der Waals surface area contributed by atoms with Crippen LogP contribution in [0.25, 0.3) is 0 Å². The Labute approximate surface area is 185 Å². The molecule has 1 amide bonds. The highest BCUT2D eigenvalue weighted by Crippen LogP contribution is 2.30. The monoisotopic (exact) mass is 423 g/mol. The maximum absolute atomic E-state index is 13.1. The number of hydrogen-bond acceptors (Lipinski definition) is 5. The fraction of sp³-hybridized carbons (Fsp3) is 0.480. The van der Waals surface area contributed by atoms with Gasteiger partial charge in [-0.1, -0.05) is 24.3 Å². The average Bonchev–Trinajstić information content (AvgIpc) is 3.64. The van der Waals surface area contributed by atoms with Gasteiger partial charge in [-0.2, -0.15) is 0 Å². The highest BCUT2D eigenvalue weighted by Gasteiger charge is 2.33. The van der Waals surface area contributed by atoms with E-state index in [2.05, 4.69) is 39.0 Å². The first-order valence-corrected chi connectivity index (χ1v) is 11.3. The molecule has 31 heavy (non-hydrogen) atoms. The van der Waals surface area contributed by atoms with Gasteiger partial charge in [0.05, 0.1) is 25.9 Å². The molecule has 1 saturated carbocycles. The third kappa shape index (κ3) is 5.50. The van der Waals surface area contributed by atoms with Gasteiger partial charge in [0.1, 0.15) is 11.5 Å². The standard InChI is InChI=1S/C25H33N3O3/c1-3-31-24-7-5-4-6-23(24)27-16-14-26(15-17-27)19-25(29)28(21-10-11-21)18-20-8-12-22(30-2)13-9-20/h4-9,12-13,21H,3,10-11,14-19H2,1-2H3. The van der Waals surface area contributed by atoms with Crippen LogP contribution in [-0.2, 0) is 11.3 Å². The van der Waals surface area contributed by atoms with Crippen molar-refractivity contribution >= 4 is 11.6 Å². The Bertz CT molecular complexity index is 859. The van der Waals surface area contributed by atoms with Gasteiger partial charge in [-0.25, -0.2) is 0 Å². The first-order chi connectivity index (χ1) is 15.2. The van der Waals surface area contributed by atoms with Crippen LogP contribution in [-0.4, -0.2) is 68.2 Å². The Balaban J connectivity index is 1.32. The Morgan fingerprint density at radius 3 is 2.39 bits per heavy atom. The number of nitrogens with zero attached hydrogens (tertiary/aromatic N) is 3. The van der Waals surface area contributed by atoms with Crippen LogP contribution in [0.15, 0.2) is 48.5 Å². The number of hydrogen-bond donors (Lipinski definition) is 0. The third-order valence-corrected chi connectivity index (χ3v) is 6.06. The van der Waals surface area contributed by atoms with Crippen molar-refractivity contribution in [2.45, 2.75) is 32.4 Å². The molecule has 0 radical (unpaired) electrons. The molecule has 1 saturated heterocycles. The minimum atomic E-state index is 0.237. The summed E-state index contributed by atoms with van der Waals surface area (Å²) in [4.78, 5) is 19.9. The number of carbonyl (C=O) groups excluding carboxylic acids is 1. The fourth-order valence-corrected chi connectivity index (χ4v) is 4.16. The van der Waals surface area contributed by atoms with Crippen molar-refractivity contribution in [3.05, 3.63) is 54.1 Å². The molecule has 2 fully saturated rings. The molecule has 4 rings (SSSR count). The molecule has 6 nitrogen and oxygen atoms in total. The second kappa shape index (κ2) is 10.1. The van der Waals surface area contributed by atoms with E-state index < -0.39 is 0 Å². The summed E-state index contributed by atoms with van der Waals surface area (Å²) in [5, 5.41) is 0. The predicted molar refractivity (Wildman–Crippen MR) is 123 cm³/mol. The molecule has 0 unspecified atom stereocenters. The van der Waals surface area contributed by atoms with Crippen LogP contribution < -0.4 is 14.4 Å². The smallest absolute Gasteiger partial charge is 0.237 e. The number of carbonyl (C=O) groups is 1. The van der Waals surface area contributed by atoms with E-state index in [1.54, 1.807) is 7.11 Å². The third-order valence-electron chi connectivity index (χ3n) is 6.06. The number of amides is 1. The van der Waals surface area contributed by atoms with Gasteiger partial charge in [0.2, 0.25) is 5.91 Å². The number of methoxy groups -OCH3 is 1. The molecule has 1 aliphatic heterocycles. The molecule has 166 valence electrons. The Morgan fingerprint density at radius 1 is 1.03 bits per heavy atom. The summed E-state index contributed by atoms with van der Waals surface area (Å²) in [6, 6.07) is 16.6. The van der Waals surface area contributed by atoms with Gasteiger partial charge in [-0.15, -0.1) is 0 Å². The van der Waals surface area contributed by atoms with Gasteiger partial charge in [-0.05, 0) is 49.6 Å². The van der Waals surface area contributed by atoms with E-state index in [9.17, 15) is 4.79 Å². The molecule has 0 bridgehead atoms. The lowest BCUT2D eigenvalue weighted by molar-refractivity contribution is -0.133. The average molecular weight is 424 g/mol. The van der Waals surface area contributed by atoms with Crippen molar-refractivity contribution in [3.8, 4) is 11.5 Å². The highest BCUT2D eigenvalue weighted by atomic mass is 16.5. The largest absolute Gasteiger partial charge is 0.497 e. The molecule has 0 atom stereocenters. The second-order valence-electron chi connectivity index (χ2n) is 8.26.